The minimum absolute atomic E-state index is 0.352. The van der Waals surface area contributed by atoms with Crippen LogP contribution in [0.3, 0.4) is 0 Å². The average Bonchev–Trinajstić information content (AvgIpc) is 2.46. The molecular formula is C14H17F3N2O2. The molecule has 0 aliphatic carbocycles. The normalized spacial score (nSPS) is 20.0. The number of hydrogen-bond donors (Lipinski definition) is 2. The molecule has 0 radical (unpaired) electrons. The minimum Gasteiger partial charge on any atom is -0.480 e. The zero-order valence-corrected chi connectivity index (χ0v) is 11.6. The Labute approximate surface area is 120 Å². The van der Waals surface area contributed by atoms with Gasteiger partial charge in [-0.15, -0.1) is 0 Å². The number of benzene rings is 1. The van der Waals surface area contributed by atoms with Gasteiger partial charge in [0.05, 0.1) is 5.56 Å². The molecule has 1 aromatic rings. The fourth-order valence-electron chi connectivity index (χ4n) is 2.54. The lowest BCUT2D eigenvalue weighted by Crippen LogP contribution is -2.56. The Morgan fingerprint density at radius 2 is 1.62 bits per heavy atom. The molecular weight excluding hydrogens is 285 g/mol. The molecule has 1 saturated heterocycles. The van der Waals surface area contributed by atoms with Crippen molar-refractivity contribution in [1.82, 2.24) is 10.2 Å². The summed E-state index contributed by atoms with van der Waals surface area (Å²) in [4.78, 5) is 13.5. The quantitative estimate of drug-likeness (QED) is 0.895. The maximum Gasteiger partial charge on any atom is 0.416 e. The summed E-state index contributed by atoms with van der Waals surface area (Å²) in [6.45, 7) is 3.91. The summed E-state index contributed by atoms with van der Waals surface area (Å²) in [6, 6.07) is 4.36. The summed E-state index contributed by atoms with van der Waals surface area (Å²) in [7, 11) is 0. The predicted molar refractivity (Wildman–Crippen MR) is 70.9 cm³/mol. The van der Waals surface area contributed by atoms with Gasteiger partial charge in [-0.1, -0.05) is 12.1 Å². The van der Waals surface area contributed by atoms with Gasteiger partial charge >= 0.3 is 12.1 Å². The summed E-state index contributed by atoms with van der Waals surface area (Å²) in [5.41, 5.74) is -1.75. The van der Waals surface area contributed by atoms with Gasteiger partial charge in [-0.3, -0.25) is 4.90 Å². The second-order valence-corrected chi connectivity index (χ2v) is 5.19. The molecule has 1 aromatic carbocycles. The molecule has 1 unspecified atom stereocenters. The fraction of sp³-hybridized carbons (Fsp3) is 0.500. The largest absolute Gasteiger partial charge is 0.480 e. The van der Waals surface area contributed by atoms with E-state index in [2.05, 4.69) is 5.32 Å². The van der Waals surface area contributed by atoms with Crippen molar-refractivity contribution in [3.05, 3.63) is 35.4 Å². The maximum absolute atomic E-state index is 12.6. The molecule has 7 heteroatoms. The number of aliphatic carboxylic acids is 1. The molecule has 0 spiro atoms. The standard InChI is InChI=1S/C14H17F3N2O2/c1-13(12(20)21,19-8-6-18-7-9-19)10-2-4-11(5-3-10)14(15,16)17/h2-5,18H,6-9H2,1H3,(H,20,21). The number of nitrogens with zero attached hydrogens (tertiary/aromatic N) is 1. The predicted octanol–water partition coefficient (Wildman–Crippen LogP) is 1.91. The third kappa shape index (κ3) is 3.03. The lowest BCUT2D eigenvalue weighted by Gasteiger charge is -2.40. The van der Waals surface area contributed by atoms with E-state index in [9.17, 15) is 23.1 Å². The Kier molecular flexibility index (Phi) is 4.25. The second kappa shape index (κ2) is 5.65. The van der Waals surface area contributed by atoms with Crippen molar-refractivity contribution in [3.8, 4) is 0 Å². The van der Waals surface area contributed by atoms with Crippen LogP contribution >= 0.6 is 0 Å². The first-order valence-corrected chi connectivity index (χ1v) is 6.63. The van der Waals surface area contributed by atoms with Gasteiger partial charge in [0.1, 0.15) is 5.54 Å². The molecule has 1 aliphatic rings. The number of hydrogen-bond acceptors (Lipinski definition) is 3. The van der Waals surface area contributed by atoms with Gasteiger partial charge in [-0.2, -0.15) is 13.2 Å². The molecule has 21 heavy (non-hydrogen) atoms. The van der Waals surface area contributed by atoms with Crippen LogP contribution in [0.1, 0.15) is 18.1 Å². The van der Waals surface area contributed by atoms with Gasteiger partial charge in [0.2, 0.25) is 0 Å². The summed E-state index contributed by atoms with van der Waals surface area (Å²) < 4.78 is 37.8. The van der Waals surface area contributed by atoms with Crippen LogP contribution in [-0.2, 0) is 16.5 Å². The zero-order valence-electron chi connectivity index (χ0n) is 11.6. The molecule has 2 N–H and O–H groups in total. The summed E-state index contributed by atoms with van der Waals surface area (Å²) >= 11 is 0. The van der Waals surface area contributed by atoms with Crippen molar-refractivity contribution in [3.63, 3.8) is 0 Å². The van der Waals surface area contributed by atoms with Crippen LogP contribution in [0, 0.1) is 0 Å². The van der Waals surface area contributed by atoms with Gasteiger partial charge in [0.15, 0.2) is 0 Å². The van der Waals surface area contributed by atoms with Crippen molar-refractivity contribution in [2.24, 2.45) is 0 Å². The topological polar surface area (TPSA) is 52.6 Å². The lowest BCUT2D eigenvalue weighted by atomic mass is 9.88. The van der Waals surface area contributed by atoms with Crippen LogP contribution in [0.4, 0.5) is 13.2 Å². The maximum atomic E-state index is 12.6. The summed E-state index contributed by atoms with van der Waals surface area (Å²) in [5.74, 6) is -1.07. The van der Waals surface area contributed by atoms with Gasteiger partial charge < -0.3 is 10.4 Å². The van der Waals surface area contributed by atoms with Gasteiger partial charge in [-0.05, 0) is 24.6 Å². The molecule has 0 amide bonds. The van der Waals surface area contributed by atoms with E-state index in [1.807, 2.05) is 0 Å². The first kappa shape index (κ1) is 15.8. The highest BCUT2D eigenvalue weighted by molar-refractivity contribution is 5.80. The zero-order chi connectivity index (χ0) is 15.7. The molecule has 4 nitrogen and oxygen atoms in total. The third-order valence-corrected chi connectivity index (χ3v) is 3.94. The van der Waals surface area contributed by atoms with E-state index in [4.69, 9.17) is 0 Å². The Balaban J connectivity index is 2.36. The monoisotopic (exact) mass is 302 g/mol. The van der Waals surface area contributed by atoms with Crippen molar-refractivity contribution in [2.45, 2.75) is 18.6 Å². The number of halogens is 3. The van der Waals surface area contributed by atoms with E-state index in [0.717, 1.165) is 12.1 Å². The number of piperazine rings is 1. The Morgan fingerprint density at radius 3 is 2.05 bits per heavy atom. The SMILES string of the molecule is CC(C(=O)O)(c1ccc(C(F)(F)F)cc1)N1CCNCC1. The van der Waals surface area contributed by atoms with Crippen molar-refractivity contribution in [2.75, 3.05) is 26.2 Å². The van der Waals surface area contributed by atoms with E-state index in [1.165, 1.54) is 19.1 Å². The van der Waals surface area contributed by atoms with E-state index in [1.54, 1.807) is 4.90 Å². The van der Waals surface area contributed by atoms with E-state index in [0.29, 0.717) is 31.7 Å². The first-order chi connectivity index (χ1) is 9.76. The molecule has 1 atom stereocenters. The highest BCUT2D eigenvalue weighted by atomic mass is 19.4. The number of carbonyl (C=O) groups is 1. The molecule has 1 fully saturated rings. The number of rotatable bonds is 3. The highest BCUT2D eigenvalue weighted by Crippen LogP contribution is 2.33. The fourth-order valence-corrected chi connectivity index (χ4v) is 2.54. The number of alkyl halides is 3. The average molecular weight is 302 g/mol. The van der Waals surface area contributed by atoms with Crippen molar-refractivity contribution >= 4 is 5.97 Å². The van der Waals surface area contributed by atoms with Crippen LogP contribution in [0.2, 0.25) is 0 Å². The van der Waals surface area contributed by atoms with Crippen LogP contribution in [0.25, 0.3) is 0 Å². The second-order valence-electron chi connectivity index (χ2n) is 5.19. The van der Waals surface area contributed by atoms with Crippen molar-refractivity contribution < 1.29 is 23.1 Å². The van der Waals surface area contributed by atoms with Crippen LogP contribution < -0.4 is 5.32 Å². The van der Waals surface area contributed by atoms with E-state index in [-0.39, 0.29) is 0 Å². The number of nitrogens with one attached hydrogen (secondary N) is 1. The number of carboxylic acids is 1. The minimum atomic E-state index is -4.42. The van der Waals surface area contributed by atoms with Gasteiger partial charge in [0.25, 0.3) is 0 Å². The van der Waals surface area contributed by atoms with Crippen molar-refractivity contribution in [1.29, 1.82) is 0 Å². The Hall–Kier alpha value is -1.60. The lowest BCUT2D eigenvalue weighted by molar-refractivity contribution is -0.151. The Bertz CT molecular complexity index is 510. The van der Waals surface area contributed by atoms with Crippen LogP contribution in [-0.4, -0.2) is 42.2 Å². The molecule has 1 heterocycles. The molecule has 0 aromatic heterocycles. The summed E-state index contributed by atoms with van der Waals surface area (Å²) in [6.07, 6.45) is -4.42. The van der Waals surface area contributed by atoms with Crippen LogP contribution in [0.15, 0.2) is 24.3 Å². The first-order valence-electron chi connectivity index (χ1n) is 6.63. The van der Waals surface area contributed by atoms with Gasteiger partial charge in [-0.25, -0.2) is 4.79 Å². The van der Waals surface area contributed by atoms with E-state index >= 15 is 0 Å². The third-order valence-electron chi connectivity index (χ3n) is 3.94. The van der Waals surface area contributed by atoms with Crippen LogP contribution in [0.5, 0.6) is 0 Å². The van der Waals surface area contributed by atoms with E-state index < -0.39 is 23.2 Å². The molecule has 0 bridgehead atoms. The molecule has 116 valence electrons. The smallest absolute Gasteiger partial charge is 0.416 e. The number of carboxylic acid groups (broad SMARTS) is 1. The highest BCUT2D eigenvalue weighted by Gasteiger charge is 2.42. The molecule has 2 rings (SSSR count). The Morgan fingerprint density at radius 1 is 1.14 bits per heavy atom. The summed E-state index contributed by atoms with van der Waals surface area (Å²) in [5, 5.41) is 12.7. The van der Waals surface area contributed by atoms with Gasteiger partial charge in [0, 0.05) is 26.2 Å². The molecule has 1 aliphatic heterocycles. The molecule has 0 saturated carbocycles.